The molecule has 2 aromatic rings. The quantitative estimate of drug-likeness (QED) is 0.755. The molecule has 0 N–H and O–H groups in total. The number of hydrogen-bond donors (Lipinski definition) is 0. The van der Waals surface area contributed by atoms with E-state index in [-0.39, 0.29) is 29.9 Å². The highest BCUT2D eigenvalue weighted by Gasteiger charge is 2.40. The van der Waals surface area contributed by atoms with Crippen molar-refractivity contribution in [2.24, 2.45) is 13.0 Å². The Bertz CT molecular complexity index is 957. The van der Waals surface area contributed by atoms with Crippen LogP contribution in [0.25, 0.3) is 10.9 Å². The molecular formula is C24H31N3O4. The van der Waals surface area contributed by atoms with E-state index in [2.05, 4.69) is 16.7 Å². The van der Waals surface area contributed by atoms with Crippen molar-refractivity contribution in [1.29, 1.82) is 0 Å². The molecule has 3 saturated heterocycles. The van der Waals surface area contributed by atoms with Crippen LogP contribution < -0.4 is 4.74 Å². The van der Waals surface area contributed by atoms with Crippen molar-refractivity contribution in [3.05, 3.63) is 30.5 Å². The average Bonchev–Trinajstić information content (AvgIpc) is 3.38. The predicted octanol–water partition coefficient (Wildman–Crippen LogP) is 2.58. The summed E-state index contributed by atoms with van der Waals surface area (Å²) in [5, 5.41) is 1.13. The summed E-state index contributed by atoms with van der Waals surface area (Å²) in [6, 6.07) is 8.46. The van der Waals surface area contributed by atoms with Crippen molar-refractivity contribution in [2.45, 2.75) is 44.2 Å². The lowest BCUT2D eigenvalue weighted by molar-refractivity contribution is -0.137. The molecule has 3 aliphatic heterocycles. The molecule has 7 heteroatoms. The summed E-state index contributed by atoms with van der Waals surface area (Å²) in [6.07, 6.45) is 5.90. The summed E-state index contributed by atoms with van der Waals surface area (Å²) >= 11 is 0. The molecule has 0 radical (unpaired) electrons. The number of piperidine rings is 1. The number of hydrogen-bond acceptors (Lipinski definition) is 4. The lowest BCUT2D eigenvalue weighted by Gasteiger charge is -2.34. The Hall–Kier alpha value is -2.54. The van der Waals surface area contributed by atoms with Gasteiger partial charge in [-0.1, -0.05) is 6.07 Å². The Morgan fingerprint density at radius 3 is 2.65 bits per heavy atom. The maximum Gasteiger partial charge on any atom is 0.227 e. The normalized spacial score (nSPS) is 23.6. The third kappa shape index (κ3) is 4.03. The van der Waals surface area contributed by atoms with Gasteiger partial charge in [0.15, 0.2) is 0 Å². The van der Waals surface area contributed by atoms with E-state index >= 15 is 0 Å². The molecule has 4 heterocycles. The van der Waals surface area contributed by atoms with E-state index in [9.17, 15) is 9.59 Å². The van der Waals surface area contributed by atoms with Gasteiger partial charge in [0.2, 0.25) is 11.8 Å². The molecule has 7 nitrogen and oxygen atoms in total. The molecule has 31 heavy (non-hydrogen) atoms. The van der Waals surface area contributed by atoms with Gasteiger partial charge in [-0.25, -0.2) is 0 Å². The topological polar surface area (TPSA) is 64.0 Å². The Kier molecular flexibility index (Phi) is 5.61. The van der Waals surface area contributed by atoms with Crippen LogP contribution in [0.2, 0.25) is 0 Å². The van der Waals surface area contributed by atoms with Gasteiger partial charge < -0.3 is 23.8 Å². The number of carbonyl (C=O) groups is 2. The molecule has 1 aromatic heterocycles. The first-order chi connectivity index (χ1) is 15.1. The van der Waals surface area contributed by atoms with Crippen molar-refractivity contribution in [1.82, 2.24) is 14.4 Å². The van der Waals surface area contributed by atoms with Crippen molar-refractivity contribution in [3.63, 3.8) is 0 Å². The minimum atomic E-state index is -0.203. The van der Waals surface area contributed by atoms with Gasteiger partial charge in [0.05, 0.1) is 11.4 Å². The SMILES string of the molecule is Cn1ccc2c(OC3CCN(C(=O)C4CC(=O)N(C5CCOCC5)C4)CC3)cccc21. The number of rotatable bonds is 4. The first-order valence-electron chi connectivity index (χ1n) is 11.5. The molecular weight excluding hydrogens is 394 g/mol. The highest BCUT2D eigenvalue weighted by Crippen LogP contribution is 2.30. The first kappa shape index (κ1) is 20.4. The fraction of sp³-hybridized carbons (Fsp3) is 0.583. The Labute approximate surface area is 182 Å². The molecule has 0 bridgehead atoms. The van der Waals surface area contributed by atoms with Gasteiger partial charge in [-0.3, -0.25) is 9.59 Å². The second-order valence-corrected chi connectivity index (χ2v) is 9.05. The van der Waals surface area contributed by atoms with Crippen LogP contribution in [0.1, 0.15) is 32.1 Å². The van der Waals surface area contributed by atoms with Gasteiger partial charge in [-0.05, 0) is 31.0 Å². The maximum absolute atomic E-state index is 13.1. The number of fused-ring (bicyclic) bond motifs is 1. The smallest absolute Gasteiger partial charge is 0.227 e. The summed E-state index contributed by atoms with van der Waals surface area (Å²) in [5.41, 5.74) is 1.16. The van der Waals surface area contributed by atoms with E-state index in [0.717, 1.165) is 42.3 Å². The zero-order chi connectivity index (χ0) is 21.4. The number of nitrogens with zero attached hydrogens (tertiary/aromatic N) is 3. The van der Waals surface area contributed by atoms with Crippen molar-refractivity contribution < 1.29 is 19.1 Å². The standard InChI is InChI=1S/C24H31N3O4/c1-25-10-7-20-21(25)3-2-4-22(20)31-19-5-11-26(12-6-19)24(29)17-15-23(28)27(16-17)18-8-13-30-14-9-18/h2-4,7,10,17-19H,5-6,8-9,11-16H2,1H3. The largest absolute Gasteiger partial charge is 0.490 e. The first-order valence-corrected chi connectivity index (χ1v) is 11.5. The molecule has 1 aromatic carbocycles. The fourth-order valence-electron chi connectivity index (χ4n) is 5.26. The van der Waals surface area contributed by atoms with Crippen LogP contribution in [0.5, 0.6) is 5.75 Å². The molecule has 2 amide bonds. The average molecular weight is 426 g/mol. The number of amides is 2. The summed E-state index contributed by atoms with van der Waals surface area (Å²) in [6.45, 7) is 3.36. The van der Waals surface area contributed by atoms with E-state index < -0.39 is 0 Å². The molecule has 3 aliphatic rings. The molecule has 0 saturated carbocycles. The minimum Gasteiger partial charge on any atom is -0.490 e. The van der Waals surface area contributed by atoms with Crippen molar-refractivity contribution in [2.75, 3.05) is 32.8 Å². The second kappa shape index (κ2) is 8.54. The monoisotopic (exact) mass is 425 g/mol. The zero-order valence-electron chi connectivity index (χ0n) is 18.2. The zero-order valence-corrected chi connectivity index (χ0v) is 18.2. The number of benzene rings is 1. The van der Waals surface area contributed by atoms with Gasteiger partial charge in [0.25, 0.3) is 0 Å². The van der Waals surface area contributed by atoms with Gasteiger partial charge in [0, 0.05) is 76.8 Å². The van der Waals surface area contributed by atoms with E-state index in [0.29, 0.717) is 39.3 Å². The van der Waals surface area contributed by atoms with Gasteiger partial charge >= 0.3 is 0 Å². The number of ether oxygens (including phenoxy) is 2. The summed E-state index contributed by atoms with van der Waals surface area (Å²) < 4.78 is 13.8. The van der Waals surface area contributed by atoms with Crippen LogP contribution in [-0.2, 0) is 21.4 Å². The van der Waals surface area contributed by atoms with Gasteiger partial charge in [0.1, 0.15) is 11.9 Å². The van der Waals surface area contributed by atoms with Crippen LogP contribution in [-0.4, -0.2) is 71.2 Å². The molecule has 5 rings (SSSR count). The molecule has 0 aliphatic carbocycles. The van der Waals surface area contributed by atoms with Crippen LogP contribution in [0.15, 0.2) is 30.5 Å². The summed E-state index contributed by atoms with van der Waals surface area (Å²) in [7, 11) is 2.03. The number of carbonyl (C=O) groups excluding carboxylic acids is 2. The summed E-state index contributed by atoms with van der Waals surface area (Å²) in [4.78, 5) is 29.5. The predicted molar refractivity (Wildman–Crippen MR) is 117 cm³/mol. The summed E-state index contributed by atoms with van der Waals surface area (Å²) in [5.74, 6) is 0.966. The van der Waals surface area contributed by atoms with E-state index in [1.165, 1.54) is 0 Å². The third-order valence-corrected chi connectivity index (χ3v) is 7.07. The van der Waals surface area contributed by atoms with E-state index in [1.807, 2.05) is 35.2 Å². The lowest BCUT2D eigenvalue weighted by atomic mass is 10.0. The van der Waals surface area contributed by atoms with Gasteiger partial charge in [-0.15, -0.1) is 0 Å². The number of likely N-dealkylation sites (tertiary alicyclic amines) is 2. The van der Waals surface area contributed by atoms with Crippen LogP contribution in [0, 0.1) is 5.92 Å². The maximum atomic E-state index is 13.1. The molecule has 3 fully saturated rings. The van der Waals surface area contributed by atoms with E-state index in [1.54, 1.807) is 0 Å². The van der Waals surface area contributed by atoms with Gasteiger partial charge in [-0.2, -0.15) is 0 Å². The molecule has 1 atom stereocenters. The van der Waals surface area contributed by atoms with Crippen LogP contribution >= 0.6 is 0 Å². The third-order valence-electron chi connectivity index (χ3n) is 7.07. The molecule has 1 unspecified atom stereocenters. The highest BCUT2D eigenvalue weighted by atomic mass is 16.5. The lowest BCUT2D eigenvalue weighted by Crippen LogP contribution is -2.45. The van der Waals surface area contributed by atoms with Crippen LogP contribution in [0.4, 0.5) is 0 Å². The number of aryl methyl sites for hydroxylation is 1. The molecule has 166 valence electrons. The second-order valence-electron chi connectivity index (χ2n) is 9.05. The van der Waals surface area contributed by atoms with Crippen molar-refractivity contribution >= 4 is 22.7 Å². The Morgan fingerprint density at radius 1 is 1.10 bits per heavy atom. The molecule has 0 spiro atoms. The Balaban J connectivity index is 1.16. The highest BCUT2D eigenvalue weighted by molar-refractivity contribution is 5.89. The number of aromatic nitrogens is 1. The van der Waals surface area contributed by atoms with Crippen molar-refractivity contribution in [3.8, 4) is 5.75 Å². The van der Waals surface area contributed by atoms with Crippen LogP contribution in [0.3, 0.4) is 0 Å². The fourth-order valence-corrected chi connectivity index (χ4v) is 5.26. The minimum absolute atomic E-state index is 0.110. The van der Waals surface area contributed by atoms with E-state index in [4.69, 9.17) is 9.47 Å². The Morgan fingerprint density at radius 2 is 1.87 bits per heavy atom.